The van der Waals surface area contributed by atoms with Gasteiger partial charge in [0.05, 0.1) is 29.7 Å². The topological polar surface area (TPSA) is 306 Å². The lowest BCUT2D eigenvalue weighted by Crippen LogP contribution is -2.69. The molecule has 21 heteroatoms. The highest BCUT2D eigenvalue weighted by atomic mass is 16.6. The molecule has 7 atom stereocenters. The number of unbranched alkanes of at least 4 members (excludes halogenated alkanes) is 1. The highest BCUT2D eigenvalue weighted by molar-refractivity contribution is 5.97. The number of rotatable bonds is 23. The first-order chi connectivity index (χ1) is 40.0. The number of likely N-dealkylation sites (tertiary alicyclic amines) is 2. The predicted octanol–water partition coefficient (Wildman–Crippen LogP) is 5.48. The summed E-state index contributed by atoms with van der Waals surface area (Å²) in [6.07, 6.45) is 5.96. The number of amides is 2. The van der Waals surface area contributed by atoms with Crippen molar-refractivity contribution in [1.82, 2.24) is 20.4 Å². The zero-order valence-electron chi connectivity index (χ0n) is 46.6. The maximum atomic E-state index is 15.1. The van der Waals surface area contributed by atoms with Crippen molar-refractivity contribution in [3.63, 3.8) is 0 Å². The summed E-state index contributed by atoms with van der Waals surface area (Å²) in [5.41, 5.74) is 20.0. The molecule has 1 spiro atoms. The third-order valence-electron chi connectivity index (χ3n) is 16.9. The Labute approximate surface area is 480 Å². The molecule has 2 amide bonds. The summed E-state index contributed by atoms with van der Waals surface area (Å²) in [6.45, 7) is 3.24. The summed E-state index contributed by atoms with van der Waals surface area (Å²) in [6, 6.07) is 25.9. The zero-order valence-corrected chi connectivity index (χ0v) is 46.6. The van der Waals surface area contributed by atoms with Gasteiger partial charge in [0, 0.05) is 34.7 Å². The summed E-state index contributed by atoms with van der Waals surface area (Å²) >= 11 is 0. The van der Waals surface area contributed by atoms with Crippen molar-refractivity contribution in [1.29, 1.82) is 10.8 Å². The van der Waals surface area contributed by atoms with Gasteiger partial charge in [-0.05, 0) is 180 Å². The van der Waals surface area contributed by atoms with Gasteiger partial charge in [-0.15, -0.1) is 0 Å². The molecule has 2 fully saturated rings. The monoisotopic (exact) mass is 1130 g/mol. The number of likely N-dealkylation sites (N-methyl/N-ethyl adjacent to an activating group) is 1. The van der Waals surface area contributed by atoms with Gasteiger partial charge in [-0.2, -0.15) is 0 Å². The molecule has 83 heavy (non-hydrogen) atoms. The van der Waals surface area contributed by atoms with Crippen molar-refractivity contribution in [2.24, 2.45) is 22.6 Å². The average Bonchev–Trinajstić information content (AvgIpc) is 1.77. The van der Waals surface area contributed by atoms with Crippen LogP contribution in [0.15, 0.2) is 121 Å². The Morgan fingerprint density at radius 2 is 1.34 bits per heavy atom. The van der Waals surface area contributed by atoms with Gasteiger partial charge in [0.25, 0.3) is 0 Å². The van der Waals surface area contributed by atoms with E-state index in [1.54, 1.807) is 55.6 Å². The first-order valence-corrected chi connectivity index (χ1v) is 27.8. The van der Waals surface area contributed by atoms with Crippen LogP contribution in [0.4, 0.5) is 0 Å². The molecular formula is C62H69N9O12. The van der Waals surface area contributed by atoms with E-state index in [-0.39, 0.29) is 71.4 Å². The van der Waals surface area contributed by atoms with Crippen molar-refractivity contribution >= 4 is 41.4 Å². The van der Waals surface area contributed by atoms with Crippen LogP contribution >= 0.6 is 0 Å². The minimum atomic E-state index is -1.32. The molecule has 10 N–H and O–H groups in total. The maximum Gasteiger partial charge on any atom is 0.343 e. The fourth-order valence-corrected chi connectivity index (χ4v) is 12.5. The van der Waals surface area contributed by atoms with E-state index in [1.807, 2.05) is 12.1 Å². The van der Waals surface area contributed by atoms with Crippen LogP contribution in [0.3, 0.4) is 0 Å². The normalized spacial score (nSPS) is 21.7. The van der Waals surface area contributed by atoms with Crippen LogP contribution in [-0.2, 0) is 31.0 Å². The molecular weight excluding hydrogens is 1060 g/mol. The van der Waals surface area contributed by atoms with E-state index in [0.29, 0.717) is 79.2 Å². The number of nitrogens with one attached hydrogen (secondary N) is 4. The number of ether oxygens (including phenoxy) is 7. The highest BCUT2D eigenvalue weighted by Crippen LogP contribution is 2.69. The molecule has 0 radical (unpaired) electrons. The average molecular weight is 1130 g/mol. The second-order valence-electron chi connectivity index (χ2n) is 21.8. The van der Waals surface area contributed by atoms with Crippen LogP contribution in [-0.4, -0.2) is 129 Å². The van der Waals surface area contributed by atoms with Gasteiger partial charge >= 0.3 is 17.9 Å². The lowest BCUT2D eigenvalue weighted by atomic mass is 9.45. The molecule has 5 aliphatic rings. The second-order valence-corrected chi connectivity index (χ2v) is 21.8. The van der Waals surface area contributed by atoms with E-state index >= 15 is 4.79 Å². The highest BCUT2D eigenvalue weighted by Gasteiger charge is 2.70. The number of methoxy groups -OCH3 is 1. The molecule has 3 aliphatic heterocycles. The van der Waals surface area contributed by atoms with Crippen LogP contribution in [0.2, 0.25) is 0 Å². The number of benzene rings is 5. The van der Waals surface area contributed by atoms with E-state index in [1.165, 1.54) is 59.0 Å². The third-order valence-corrected chi connectivity index (χ3v) is 16.9. The summed E-state index contributed by atoms with van der Waals surface area (Å²) in [4.78, 5) is 74.2. The third kappa shape index (κ3) is 11.6. The zero-order chi connectivity index (χ0) is 58.6. The van der Waals surface area contributed by atoms with Crippen molar-refractivity contribution in [3.8, 4) is 34.5 Å². The van der Waals surface area contributed by atoms with Crippen molar-refractivity contribution in [2.75, 3.05) is 47.1 Å². The molecule has 0 saturated carbocycles. The van der Waals surface area contributed by atoms with Crippen molar-refractivity contribution in [3.05, 3.63) is 154 Å². The number of nitrogens with two attached hydrogens (primary N) is 3. The van der Waals surface area contributed by atoms with Crippen LogP contribution < -0.4 is 56.3 Å². The number of hydrogen-bond acceptors (Lipinski definition) is 17. The van der Waals surface area contributed by atoms with Gasteiger partial charge in [0.2, 0.25) is 11.8 Å². The number of allylic oxidation sites excluding steroid dienone is 1. The Morgan fingerprint density at radius 1 is 0.747 bits per heavy atom. The van der Waals surface area contributed by atoms with Crippen molar-refractivity contribution < 1.29 is 57.1 Å². The molecule has 2 saturated heterocycles. The largest absolute Gasteiger partial charge is 0.493 e. The number of esters is 3. The Kier molecular flexibility index (Phi) is 16.9. The Hall–Kier alpha value is -8.79. The van der Waals surface area contributed by atoms with Gasteiger partial charge < -0.3 is 65.5 Å². The number of nitrogens with zero attached hydrogens (tertiary/aromatic N) is 2. The van der Waals surface area contributed by atoms with Crippen LogP contribution in [0.5, 0.6) is 34.5 Å². The fourth-order valence-electron chi connectivity index (χ4n) is 12.5. The molecule has 21 nitrogen and oxygen atoms in total. The second kappa shape index (κ2) is 24.3. The summed E-state index contributed by atoms with van der Waals surface area (Å²) in [5.74, 6) is -0.290. The molecule has 3 heterocycles. The molecule has 0 aromatic heterocycles. The van der Waals surface area contributed by atoms with Gasteiger partial charge in [-0.3, -0.25) is 25.7 Å². The van der Waals surface area contributed by atoms with Gasteiger partial charge in [0.15, 0.2) is 17.6 Å². The van der Waals surface area contributed by atoms with Gasteiger partial charge in [0.1, 0.15) is 65.8 Å². The fraction of sp³-hybridized carbons (Fsp3) is 0.371. The maximum absolute atomic E-state index is 15.1. The number of carbonyl (C=O) groups excluding carboxylic acids is 5. The molecule has 5 aromatic rings. The first-order valence-electron chi connectivity index (χ1n) is 27.8. The summed E-state index contributed by atoms with van der Waals surface area (Å²) in [7, 11) is 3.79. The molecule has 2 aliphatic carbocycles. The number of nitrogen functional groups attached to an aromatic ring is 2. The van der Waals surface area contributed by atoms with Crippen molar-refractivity contribution in [2.45, 2.75) is 94.0 Å². The minimum Gasteiger partial charge on any atom is -0.493 e. The lowest BCUT2D eigenvalue weighted by Gasteiger charge is -2.63. The summed E-state index contributed by atoms with van der Waals surface area (Å²) in [5, 5.41) is 21.3. The molecule has 10 rings (SSSR count). The van der Waals surface area contributed by atoms with Crippen LogP contribution in [0, 0.1) is 16.2 Å². The molecule has 2 bridgehead atoms. The molecule has 434 valence electrons. The Morgan fingerprint density at radius 3 is 1.93 bits per heavy atom. The van der Waals surface area contributed by atoms with Crippen LogP contribution in [0.1, 0.15) is 94.8 Å². The first kappa shape index (κ1) is 57.4. The number of carbonyl (C=O) groups is 5. The number of amidine groups is 2. The van der Waals surface area contributed by atoms with E-state index < -0.39 is 59.4 Å². The molecule has 5 aromatic carbocycles. The van der Waals surface area contributed by atoms with Crippen LogP contribution in [0.25, 0.3) is 0 Å². The van der Waals surface area contributed by atoms with E-state index in [2.05, 4.69) is 35.6 Å². The summed E-state index contributed by atoms with van der Waals surface area (Å²) < 4.78 is 42.4. The van der Waals surface area contributed by atoms with E-state index in [9.17, 15) is 19.2 Å². The van der Waals surface area contributed by atoms with Gasteiger partial charge in [-0.25, -0.2) is 14.4 Å². The standard InChI is InChI=1S/C62H69N9O12/c1-61-28-27-49(53-62(61)29-32-70(2)50(61)33-40-17-26-48(77-3)52(83-53)51(40)62)82-60(76)47-8-6-31-71(47)57(73)46(34-78-41-18-13-38(14-19-41)58(74)80-43-22-9-36(10-23-43)54(64)65)69-56(72)45(7-4-5-30-63)68-35-79-42-20-15-39(16-21-42)59(75)81-44-24-11-37(12-25-44)55(66)67/h9-27,45-47,50,53,68H,4-8,28-35,63H2,1-3H3,(H3,64,65)(H3,66,67)(H,69,72)/t45-,46?,47?,50+,53?,61-,62-/m0/s1. The number of piperidine rings is 1. The van der Waals surface area contributed by atoms with Gasteiger partial charge in [-0.1, -0.05) is 19.4 Å². The Balaban J connectivity index is 0.844. The van der Waals surface area contributed by atoms with E-state index in [4.69, 9.17) is 61.2 Å². The van der Waals surface area contributed by atoms with E-state index in [0.717, 1.165) is 24.9 Å². The quantitative estimate of drug-likeness (QED) is 0.0106. The Bertz CT molecular complexity index is 3320. The predicted molar refractivity (Wildman–Crippen MR) is 306 cm³/mol. The minimum absolute atomic E-state index is 0.109. The smallest absolute Gasteiger partial charge is 0.343 e. The SMILES string of the molecule is COc1ccc2c3c1OC1C(OC(=O)C4CCCN4C(=O)C(COc4ccc(C(=O)Oc5ccc(C(=N)N)cc5)cc4)NC(=O)[C@H](CCCCN)NCOc4ccc(C(=O)Oc5ccc(C(=N)N)cc5)cc4)=CC[C@@]4(C)[C@@H](C2)N(C)CC[C@]314. The lowest BCUT2D eigenvalue weighted by molar-refractivity contribution is -0.155. The number of hydrogen-bond donors (Lipinski definition) is 7. The molecule has 3 unspecified atom stereocenters.